The summed E-state index contributed by atoms with van der Waals surface area (Å²) in [5.74, 6) is 2.01. The van der Waals surface area contributed by atoms with Gasteiger partial charge >= 0.3 is 0 Å². The molecular weight excluding hydrogens is 256 g/mol. The summed E-state index contributed by atoms with van der Waals surface area (Å²) < 4.78 is 0. The molecule has 17 heavy (non-hydrogen) atoms. The number of rotatable bonds is 3. The van der Waals surface area contributed by atoms with Crippen molar-refractivity contribution >= 4 is 29.3 Å². The number of hydrogen-bond acceptors (Lipinski definition) is 3. The fraction of sp³-hybridized carbons (Fsp3) is 0.417. The number of carbonyl (C=O) groups excluding carboxylic acids is 1. The van der Waals surface area contributed by atoms with Crippen molar-refractivity contribution < 1.29 is 4.79 Å². The summed E-state index contributed by atoms with van der Waals surface area (Å²) in [4.78, 5) is 11.8. The van der Waals surface area contributed by atoms with Crippen LogP contribution >= 0.6 is 23.4 Å². The second kappa shape index (κ2) is 6.28. The van der Waals surface area contributed by atoms with E-state index >= 15 is 0 Å². The number of amides is 1. The molecule has 0 aromatic heterocycles. The lowest BCUT2D eigenvalue weighted by Crippen LogP contribution is -2.48. The predicted octanol–water partition coefficient (Wildman–Crippen LogP) is 1.66. The van der Waals surface area contributed by atoms with Crippen LogP contribution in [-0.2, 0) is 11.3 Å². The molecule has 0 aliphatic carbocycles. The Balaban J connectivity index is 1.81. The summed E-state index contributed by atoms with van der Waals surface area (Å²) in [6.07, 6.45) is 0. The van der Waals surface area contributed by atoms with Crippen LogP contribution in [0.5, 0.6) is 0 Å². The quantitative estimate of drug-likeness (QED) is 0.878. The summed E-state index contributed by atoms with van der Waals surface area (Å²) in [6.45, 7) is 1.46. The summed E-state index contributed by atoms with van der Waals surface area (Å²) in [7, 11) is 0. The first kappa shape index (κ1) is 12.7. The van der Waals surface area contributed by atoms with Crippen molar-refractivity contribution in [2.24, 2.45) is 0 Å². The summed E-state index contributed by atoms with van der Waals surface area (Å²) in [5.41, 5.74) is 1.06. The van der Waals surface area contributed by atoms with Crippen LogP contribution in [0.1, 0.15) is 5.56 Å². The normalized spacial score (nSPS) is 19.9. The highest BCUT2D eigenvalue weighted by molar-refractivity contribution is 7.99. The zero-order chi connectivity index (χ0) is 12.1. The lowest BCUT2D eigenvalue weighted by molar-refractivity contribution is -0.122. The van der Waals surface area contributed by atoms with Crippen LogP contribution in [-0.4, -0.2) is 30.0 Å². The van der Waals surface area contributed by atoms with Gasteiger partial charge in [0.1, 0.15) is 0 Å². The number of nitrogens with one attached hydrogen (secondary N) is 2. The molecule has 0 bridgehead atoms. The molecule has 1 heterocycles. The Kier molecular flexibility index (Phi) is 4.71. The van der Waals surface area contributed by atoms with Crippen molar-refractivity contribution in [1.29, 1.82) is 0 Å². The third-order valence-electron chi connectivity index (χ3n) is 2.62. The number of thioether (sulfide) groups is 1. The van der Waals surface area contributed by atoms with Gasteiger partial charge in [0.2, 0.25) is 5.91 Å². The predicted molar refractivity (Wildman–Crippen MR) is 72.4 cm³/mol. The van der Waals surface area contributed by atoms with Gasteiger partial charge in [0.15, 0.2) is 0 Å². The topological polar surface area (TPSA) is 41.1 Å². The number of carbonyl (C=O) groups is 1. The molecule has 1 fully saturated rings. The molecule has 1 aliphatic heterocycles. The molecule has 1 saturated heterocycles. The maximum absolute atomic E-state index is 11.8. The van der Waals surface area contributed by atoms with Gasteiger partial charge in [-0.2, -0.15) is 11.8 Å². The van der Waals surface area contributed by atoms with Crippen molar-refractivity contribution in [2.45, 2.75) is 12.6 Å². The van der Waals surface area contributed by atoms with Crippen LogP contribution in [0, 0.1) is 0 Å². The van der Waals surface area contributed by atoms with Crippen molar-refractivity contribution in [2.75, 3.05) is 18.1 Å². The molecule has 1 aliphatic rings. The highest BCUT2D eigenvalue weighted by atomic mass is 35.5. The molecule has 1 aromatic rings. The minimum Gasteiger partial charge on any atom is -0.351 e. The number of benzene rings is 1. The number of hydrogen-bond donors (Lipinski definition) is 2. The van der Waals surface area contributed by atoms with Crippen LogP contribution in [0.4, 0.5) is 0 Å². The molecule has 2 rings (SSSR count). The van der Waals surface area contributed by atoms with Gasteiger partial charge < -0.3 is 10.6 Å². The van der Waals surface area contributed by atoms with Crippen LogP contribution < -0.4 is 10.6 Å². The fourth-order valence-electron chi connectivity index (χ4n) is 1.65. The molecule has 0 saturated carbocycles. The van der Waals surface area contributed by atoms with E-state index in [9.17, 15) is 4.79 Å². The molecule has 1 unspecified atom stereocenters. The lowest BCUT2D eigenvalue weighted by Gasteiger charge is -2.22. The molecule has 1 aromatic carbocycles. The van der Waals surface area contributed by atoms with Gasteiger partial charge in [0.25, 0.3) is 0 Å². The van der Waals surface area contributed by atoms with E-state index in [0.29, 0.717) is 11.6 Å². The molecule has 2 N–H and O–H groups in total. The van der Waals surface area contributed by atoms with Gasteiger partial charge in [-0.25, -0.2) is 0 Å². The minimum atomic E-state index is -0.0546. The molecule has 1 amide bonds. The SMILES string of the molecule is O=C(NCc1ccc(Cl)cc1)C1CSCCN1. The van der Waals surface area contributed by atoms with E-state index in [-0.39, 0.29) is 11.9 Å². The standard InChI is InChI=1S/C12H15ClN2OS/c13-10-3-1-9(2-4-10)7-15-12(16)11-8-17-6-5-14-11/h1-4,11,14H,5-8H2,(H,15,16). The summed E-state index contributed by atoms with van der Waals surface area (Å²) in [6, 6.07) is 7.45. The Morgan fingerprint density at radius 3 is 2.88 bits per heavy atom. The smallest absolute Gasteiger partial charge is 0.238 e. The fourth-order valence-corrected chi connectivity index (χ4v) is 2.71. The first-order valence-electron chi connectivity index (χ1n) is 5.59. The maximum Gasteiger partial charge on any atom is 0.238 e. The van der Waals surface area contributed by atoms with Gasteiger partial charge in [-0.1, -0.05) is 23.7 Å². The Labute approximate surface area is 110 Å². The van der Waals surface area contributed by atoms with E-state index in [2.05, 4.69) is 10.6 Å². The average Bonchev–Trinajstić information content (AvgIpc) is 2.39. The zero-order valence-electron chi connectivity index (χ0n) is 9.41. The molecule has 0 radical (unpaired) electrons. The van der Waals surface area contributed by atoms with Gasteiger partial charge in [-0.3, -0.25) is 4.79 Å². The van der Waals surface area contributed by atoms with Gasteiger partial charge in [-0.05, 0) is 17.7 Å². The highest BCUT2D eigenvalue weighted by Crippen LogP contribution is 2.10. The van der Waals surface area contributed by atoms with Crippen LogP contribution in [0.3, 0.4) is 0 Å². The van der Waals surface area contributed by atoms with E-state index in [1.807, 2.05) is 36.0 Å². The van der Waals surface area contributed by atoms with Gasteiger partial charge in [0.05, 0.1) is 6.04 Å². The Morgan fingerprint density at radius 2 is 2.24 bits per heavy atom. The van der Waals surface area contributed by atoms with Crippen molar-refractivity contribution in [1.82, 2.24) is 10.6 Å². The van der Waals surface area contributed by atoms with E-state index in [1.165, 1.54) is 0 Å². The largest absolute Gasteiger partial charge is 0.351 e. The monoisotopic (exact) mass is 270 g/mol. The lowest BCUT2D eigenvalue weighted by atomic mass is 10.2. The van der Waals surface area contributed by atoms with Crippen LogP contribution in [0.15, 0.2) is 24.3 Å². The second-order valence-electron chi connectivity index (χ2n) is 3.93. The first-order chi connectivity index (χ1) is 8.25. The van der Waals surface area contributed by atoms with Crippen molar-refractivity contribution in [3.8, 4) is 0 Å². The van der Waals surface area contributed by atoms with Crippen LogP contribution in [0.2, 0.25) is 5.02 Å². The van der Waals surface area contributed by atoms with E-state index in [1.54, 1.807) is 0 Å². The highest BCUT2D eigenvalue weighted by Gasteiger charge is 2.20. The van der Waals surface area contributed by atoms with E-state index in [4.69, 9.17) is 11.6 Å². The second-order valence-corrected chi connectivity index (χ2v) is 5.51. The third kappa shape index (κ3) is 3.91. The molecule has 1 atom stereocenters. The zero-order valence-corrected chi connectivity index (χ0v) is 11.0. The summed E-state index contributed by atoms with van der Waals surface area (Å²) in [5, 5.41) is 6.85. The van der Waals surface area contributed by atoms with Crippen molar-refractivity contribution in [3.05, 3.63) is 34.9 Å². The van der Waals surface area contributed by atoms with Gasteiger partial charge in [0, 0.05) is 29.6 Å². The summed E-state index contributed by atoms with van der Waals surface area (Å²) >= 11 is 7.61. The van der Waals surface area contributed by atoms with Gasteiger partial charge in [-0.15, -0.1) is 0 Å². The maximum atomic E-state index is 11.8. The Hall–Kier alpha value is -0.710. The Bertz CT molecular complexity index is 377. The minimum absolute atomic E-state index is 0.0546. The third-order valence-corrected chi connectivity index (χ3v) is 3.93. The molecule has 92 valence electrons. The number of halogens is 1. The van der Waals surface area contributed by atoms with Crippen molar-refractivity contribution in [3.63, 3.8) is 0 Å². The van der Waals surface area contributed by atoms with Crippen LogP contribution in [0.25, 0.3) is 0 Å². The molecule has 5 heteroatoms. The molecule has 3 nitrogen and oxygen atoms in total. The molecule has 0 spiro atoms. The van der Waals surface area contributed by atoms with E-state index in [0.717, 1.165) is 23.6 Å². The van der Waals surface area contributed by atoms with E-state index < -0.39 is 0 Å². The molecular formula is C12H15ClN2OS. The average molecular weight is 271 g/mol. The first-order valence-corrected chi connectivity index (χ1v) is 7.12. The Morgan fingerprint density at radius 1 is 1.47 bits per heavy atom.